The van der Waals surface area contributed by atoms with Gasteiger partial charge in [-0.25, -0.2) is 9.78 Å². The molecule has 0 aromatic rings. The lowest BCUT2D eigenvalue weighted by Gasteiger charge is -2.15. The fourth-order valence-corrected chi connectivity index (χ4v) is 1.10. The molecule has 0 amide bonds. The monoisotopic (exact) mass is 238 g/mol. The number of hydrogen-bond donors (Lipinski definition) is 2. The van der Waals surface area contributed by atoms with Crippen LogP contribution in [0.5, 0.6) is 0 Å². The Morgan fingerprint density at radius 1 is 0.938 bits per heavy atom. The first-order valence-corrected chi connectivity index (χ1v) is 5.57. The van der Waals surface area contributed by atoms with E-state index in [-0.39, 0.29) is 19.3 Å². The quantitative estimate of drug-likeness (QED) is 0.305. The van der Waals surface area contributed by atoms with Gasteiger partial charge >= 0.3 is 0 Å². The number of ether oxygens (including phenoxy) is 2. The average Bonchev–Trinajstić information content (AvgIpc) is 2.31. The Morgan fingerprint density at radius 2 is 1.56 bits per heavy atom. The summed E-state index contributed by atoms with van der Waals surface area (Å²) in [5.74, 6) is 0. The van der Waals surface area contributed by atoms with Crippen molar-refractivity contribution in [1.29, 1.82) is 0 Å². The highest BCUT2D eigenvalue weighted by Gasteiger charge is 2.06. The Labute approximate surface area is 95.9 Å². The maximum Gasteiger partial charge on any atom is 0.0841 e. The topological polar surface area (TPSA) is 77.4 Å². The lowest BCUT2D eigenvalue weighted by atomic mass is 10.3. The molecule has 0 rings (SSSR count). The molecule has 0 saturated carbocycles. The lowest BCUT2D eigenvalue weighted by Crippen LogP contribution is -2.20. The summed E-state index contributed by atoms with van der Waals surface area (Å²) >= 11 is 0. The van der Waals surface area contributed by atoms with Gasteiger partial charge in [0.25, 0.3) is 0 Å². The minimum atomic E-state index is 0.0636. The van der Waals surface area contributed by atoms with E-state index in [2.05, 4.69) is 9.78 Å². The molecule has 0 aromatic heterocycles. The van der Waals surface area contributed by atoms with Gasteiger partial charge in [0.2, 0.25) is 0 Å². The summed E-state index contributed by atoms with van der Waals surface area (Å²) in [7, 11) is 0. The maximum atomic E-state index is 8.10. The Bertz CT molecular complexity index is 132. The molecular weight excluding hydrogens is 216 g/mol. The molecule has 0 fully saturated rings. The summed E-state index contributed by atoms with van der Waals surface area (Å²) in [5, 5.41) is 16.2. The van der Waals surface area contributed by atoms with Crippen molar-refractivity contribution < 1.29 is 29.8 Å². The molecule has 16 heavy (non-hydrogen) atoms. The fourth-order valence-electron chi connectivity index (χ4n) is 1.10. The van der Waals surface area contributed by atoms with E-state index in [1.807, 2.05) is 6.92 Å². The van der Waals surface area contributed by atoms with Crippen molar-refractivity contribution in [3.8, 4) is 0 Å². The zero-order valence-electron chi connectivity index (χ0n) is 9.76. The van der Waals surface area contributed by atoms with E-state index < -0.39 is 0 Å². The Balaban J connectivity index is 3.29. The highest BCUT2D eigenvalue weighted by atomic mass is 17.1. The molecule has 0 spiro atoms. The van der Waals surface area contributed by atoms with E-state index >= 15 is 0 Å². The predicted octanol–water partition coefficient (Wildman–Crippen LogP) is 1.56. The summed E-state index contributed by atoms with van der Waals surface area (Å²) in [6.45, 7) is 4.20. The molecular formula is C10H22O6. The SMILES string of the molecule is CCC(COCCCOO)OCCCOO. The van der Waals surface area contributed by atoms with Gasteiger partial charge in [-0.3, -0.25) is 10.5 Å². The van der Waals surface area contributed by atoms with Crippen LogP contribution in [0.15, 0.2) is 0 Å². The van der Waals surface area contributed by atoms with E-state index in [9.17, 15) is 0 Å². The molecule has 1 atom stereocenters. The van der Waals surface area contributed by atoms with Crippen LogP contribution in [0.2, 0.25) is 0 Å². The van der Waals surface area contributed by atoms with Gasteiger partial charge in [-0.15, -0.1) is 0 Å². The molecule has 0 aliphatic carbocycles. The van der Waals surface area contributed by atoms with Crippen molar-refractivity contribution in [3.63, 3.8) is 0 Å². The van der Waals surface area contributed by atoms with Gasteiger partial charge in [-0.05, 0) is 19.3 Å². The first-order chi connectivity index (χ1) is 7.85. The highest BCUT2D eigenvalue weighted by molar-refractivity contribution is 4.53. The van der Waals surface area contributed by atoms with Crippen LogP contribution in [0.25, 0.3) is 0 Å². The minimum absolute atomic E-state index is 0.0636. The van der Waals surface area contributed by atoms with Gasteiger partial charge in [-0.2, -0.15) is 0 Å². The van der Waals surface area contributed by atoms with Gasteiger partial charge in [0, 0.05) is 13.2 Å². The van der Waals surface area contributed by atoms with Gasteiger partial charge in [-0.1, -0.05) is 6.92 Å². The maximum absolute atomic E-state index is 8.10. The Kier molecular flexibility index (Phi) is 12.6. The van der Waals surface area contributed by atoms with Gasteiger partial charge in [0.1, 0.15) is 0 Å². The molecule has 0 bridgehead atoms. The van der Waals surface area contributed by atoms with Crippen molar-refractivity contribution in [2.24, 2.45) is 0 Å². The highest BCUT2D eigenvalue weighted by Crippen LogP contribution is 2.00. The van der Waals surface area contributed by atoms with Crippen LogP contribution >= 0.6 is 0 Å². The number of rotatable bonds is 12. The molecule has 0 aromatic carbocycles. The second-order valence-corrected chi connectivity index (χ2v) is 3.35. The summed E-state index contributed by atoms with van der Waals surface area (Å²) in [6, 6.07) is 0. The van der Waals surface area contributed by atoms with Crippen LogP contribution in [0.1, 0.15) is 26.2 Å². The van der Waals surface area contributed by atoms with E-state index in [0.29, 0.717) is 32.7 Å². The standard InChI is InChI=1S/C10H22O6/c1-2-10(14-6-4-8-16-12)9-13-5-3-7-15-11/h10-12H,2-9H2,1H3. The molecule has 2 N–H and O–H groups in total. The third kappa shape index (κ3) is 10.3. The third-order valence-corrected chi connectivity index (χ3v) is 2.02. The zero-order valence-corrected chi connectivity index (χ0v) is 9.76. The van der Waals surface area contributed by atoms with Crippen molar-refractivity contribution in [2.75, 3.05) is 33.0 Å². The predicted molar refractivity (Wildman–Crippen MR) is 57.2 cm³/mol. The molecule has 0 heterocycles. The first-order valence-electron chi connectivity index (χ1n) is 5.57. The molecule has 6 nitrogen and oxygen atoms in total. The molecule has 1 unspecified atom stereocenters. The van der Waals surface area contributed by atoms with Gasteiger partial charge in [0.05, 0.1) is 25.9 Å². The van der Waals surface area contributed by atoms with E-state index in [4.69, 9.17) is 20.0 Å². The van der Waals surface area contributed by atoms with E-state index in [0.717, 1.165) is 6.42 Å². The van der Waals surface area contributed by atoms with Crippen LogP contribution < -0.4 is 0 Å². The minimum Gasteiger partial charge on any atom is -0.379 e. The van der Waals surface area contributed by atoms with Crippen LogP contribution in [-0.4, -0.2) is 49.7 Å². The lowest BCUT2D eigenvalue weighted by molar-refractivity contribution is -0.245. The summed E-state index contributed by atoms with van der Waals surface area (Å²) < 4.78 is 10.9. The van der Waals surface area contributed by atoms with Gasteiger partial charge < -0.3 is 9.47 Å². The zero-order chi connectivity index (χ0) is 12.1. The van der Waals surface area contributed by atoms with Crippen LogP contribution in [0.4, 0.5) is 0 Å². The molecule has 0 saturated heterocycles. The smallest absolute Gasteiger partial charge is 0.0841 e. The van der Waals surface area contributed by atoms with Crippen LogP contribution in [0, 0.1) is 0 Å². The molecule has 0 aliphatic rings. The Morgan fingerprint density at radius 3 is 2.12 bits per heavy atom. The summed E-state index contributed by atoms with van der Waals surface area (Å²) in [4.78, 5) is 7.85. The van der Waals surface area contributed by atoms with Crippen molar-refractivity contribution >= 4 is 0 Å². The summed E-state index contributed by atoms with van der Waals surface area (Å²) in [6.07, 6.45) is 2.25. The second kappa shape index (κ2) is 12.8. The largest absolute Gasteiger partial charge is 0.379 e. The summed E-state index contributed by atoms with van der Waals surface area (Å²) in [5.41, 5.74) is 0. The molecule has 6 heteroatoms. The van der Waals surface area contributed by atoms with Crippen molar-refractivity contribution in [1.82, 2.24) is 0 Å². The first kappa shape index (κ1) is 15.8. The van der Waals surface area contributed by atoms with Crippen molar-refractivity contribution in [3.05, 3.63) is 0 Å². The molecule has 0 aliphatic heterocycles. The van der Waals surface area contributed by atoms with Crippen LogP contribution in [-0.2, 0) is 19.2 Å². The van der Waals surface area contributed by atoms with E-state index in [1.165, 1.54) is 0 Å². The second-order valence-electron chi connectivity index (χ2n) is 3.35. The average molecular weight is 238 g/mol. The Hall–Kier alpha value is -0.240. The van der Waals surface area contributed by atoms with E-state index in [1.54, 1.807) is 0 Å². The van der Waals surface area contributed by atoms with Crippen molar-refractivity contribution in [2.45, 2.75) is 32.3 Å². The normalized spacial score (nSPS) is 12.9. The van der Waals surface area contributed by atoms with Crippen LogP contribution in [0.3, 0.4) is 0 Å². The van der Waals surface area contributed by atoms with Gasteiger partial charge in [0.15, 0.2) is 0 Å². The molecule has 98 valence electrons. The molecule has 0 radical (unpaired) electrons. The fraction of sp³-hybridized carbons (Fsp3) is 1.00. The number of hydrogen-bond acceptors (Lipinski definition) is 6. The third-order valence-electron chi connectivity index (χ3n) is 2.02.